The highest BCUT2D eigenvalue weighted by atomic mass is 16.5. The zero-order chi connectivity index (χ0) is 14.4. The summed E-state index contributed by atoms with van der Waals surface area (Å²) in [6, 6.07) is 5.73. The SMILES string of the molecule is COc1cc(N(C)CCCN(C)C(C)=O)ccc1N. The molecule has 1 rings (SSSR count). The maximum Gasteiger partial charge on any atom is 0.219 e. The molecule has 106 valence electrons. The van der Waals surface area contributed by atoms with Crippen LogP contribution in [-0.2, 0) is 4.79 Å². The quantitative estimate of drug-likeness (QED) is 0.793. The number of amides is 1. The van der Waals surface area contributed by atoms with Gasteiger partial charge in [0.2, 0.25) is 5.91 Å². The first-order chi connectivity index (χ1) is 8.95. The Bertz CT molecular complexity index is 435. The summed E-state index contributed by atoms with van der Waals surface area (Å²) in [5.41, 5.74) is 7.47. The molecule has 0 radical (unpaired) electrons. The Kier molecular flexibility index (Phi) is 5.48. The Balaban J connectivity index is 2.54. The Morgan fingerprint density at radius 2 is 2.00 bits per heavy atom. The van der Waals surface area contributed by atoms with Crippen molar-refractivity contribution in [2.24, 2.45) is 0 Å². The fraction of sp³-hybridized carbons (Fsp3) is 0.500. The molecule has 1 amide bonds. The molecule has 0 bridgehead atoms. The molecule has 19 heavy (non-hydrogen) atoms. The molecule has 0 fully saturated rings. The first-order valence-corrected chi connectivity index (χ1v) is 6.32. The maximum absolute atomic E-state index is 11.1. The molecule has 0 aromatic heterocycles. The smallest absolute Gasteiger partial charge is 0.219 e. The Morgan fingerprint density at radius 3 is 2.58 bits per heavy atom. The minimum Gasteiger partial charge on any atom is -0.495 e. The van der Waals surface area contributed by atoms with E-state index in [1.165, 1.54) is 0 Å². The van der Waals surface area contributed by atoms with Gasteiger partial charge in [0, 0.05) is 45.9 Å². The van der Waals surface area contributed by atoms with Gasteiger partial charge in [-0.25, -0.2) is 0 Å². The summed E-state index contributed by atoms with van der Waals surface area (Å²) in [7, 11) is 5.44. The summed E-state index contributed by atoms with van der Waals surface area (Å²) < 4.78 is 5.21. The number of anilines is 2. The number of hydrogen-bond acceptors (Lipinski definition) is 4. The summed E-state index contributed by atoms with van der Waals surface area (Å²) in [4.78, 5) is 14.9. The number of methoxy groups -OCH3 is 1. The minimum absolute atomic E-state index is 0.0943. The lowest BCUT2D eigenvalue weighted by molar-refractivity contribution is -0.127. The molecule has 1 aromatic rings. The molecule has 0 atom stereocenters. The number of carbonyl (C=O) groups excluding carboxylic acids is 1. The summed E-state index contributed by atoms with van der Waals surface area (Å²) in [5.74, 6) is 0.780. The van der Waals surface area contributed by atoms with Crippen LogP contribution < -0.4 is 15.4 Å². The van der Waals surface area contributed by atoms with Gasteiger partial charge in [0.05, 0.1) is 12.8 Å². The molecule has 0 aliphatic rings. The normalized spacial score (nSPS) is 10.1. The molecule has 5 heteroatoms. The van der Waals surface area contributed by atoms with Crippen molar-refractivity contribution in [2.45, 2.75) is 13.3 Å². The predicted molar refractivity (Wildman–Crippen MR) is 78.6 cm³/mol. The van der Waals surface area contributed by atoms with Gasteiger partial charge in [0.25, 0.3) is 0 Å². The molecule has 5 nitrogen and oxygen atoms in total. The van der Waals surface area contributed by atoms with Gasteiger partial charge in [0.1, 0.15) is 5.75 Å². The van der Waals surface area contributed by atoms with E-state index >= 15 is 0 Å². The monoisotopic (exact) mass is 265 g/mol. The van der Waals surface area contributed by atoms with Crippen LogP contribution in [0.5, 0.6) is 5.75 Å². The van der Waals surface area contributed by atoms with E-state index in [9.17, 15) is 4.79 Å². The van der Waals surface area contributed by atoms with Crippen molar-refractivity contribution in [2.75, 3.05) is 44.9 Å². The van der Waals surface area contributed by atoms with Crippen LogP contribution in [0.15, 0.2) is 18.2 Å². The maximum atomic E-state index is 11.1. The van der Waals surface area contributed by atoms with E-state index < -0.39 is 0 Å². The molecular weight excluding hydrogens is 242 g/mol. The number of ether oxygens (including phenoxy) is 1. The van der Waals surface area contributed by atoms with Gasteiger partial charge in [-0.15, -0.1) is 0 Å². The topological polar surface area (TPSA) is 58.8 Å². The zero-order valence-electron chi connectivity index (χ0n) is 12.1. The summed E-state index contributed by atoms with van der Waals surface area (Å²) in [5, 5.41) is 0. The van der Waals surface area contributed by atoms with Crippen molar-refractivity contribution >= 4 is 17.3 Å². The van der Waals surface area contributed by atoms with Gasteiger partial charge in [-0.3, -0.25) is 4.79 Å². The van der Waals surface area contributed by atoms with E-state index in [1.54, 1.807) is 18.9 Å². The van der Waals surface area contributed by atoms with E-state index in [-0.39, 0.29) is 5.91 Å². The molecule has 0 saturated carbocycles. The molecular formula is C14H23N3O2. The third-order valence-corrected chi connectivity index (χ3v) is 3.18. The Hall–Kier alpha value is -1.91. The second kappa shape index (κ2) is 6.87. The van der Waals surface area contributed by atoms with Gasteiger partial charge in [-0.05, 0) is 18.6 Å². The first-order valence-electron chi connectivity index (χ1n) is 6.32. The second-order valence-electron chi connectivity index (χ2n) is 4.64. The molecule has 0 aliphatic heterocycles. The van der Waals surface area contributed by atoms with Crippen LogP contribution in [0.4, 0.5) is 11.4 Å². The average Bonchev–Trinajstić information content (AvgIpc) is 2.38. The number of carbonyl (C=O) groups is 1. The first kappa shape index (κ1) is 15.1. The van der Waals surface area contributed by atoms with E-state index in [4.69, 9.17) is 10.5 Å². The number of benzene rings is 1. The highest BCUT2D eigenvalue weighted by Crippen LogP contribution is 2.26. The van der Waals surface area contributed by atoms with E-state index in [1.807, 2.05) is 32.3 Å². The molecule has 0 saturated heterocycles. The van der Waals surface area contributed by atoms with E-state index in [2.05, 4.69) is 4.90 Å². The number of hydrogen-bond donors (Lipinski definition) is 1. The fourth-order valence-electron chi connectivity index (χ4n) is 1.77. The standard InChI is InChI=1S/C14H23N3O2/c1-11(18)16(2)8-5-9-17(3)12-6-7-13(15)14(10-12)19-4/h6-7,10H,5,8-9,15H2,1-4H3. The molecule has 1 aromatic carbocycles. The van der Waals surface area contributed by atoms with Gasteiger partial charge in [-0.2, -0.15) is 0 Å². The lowest BCUT2D eigenvalue weighted by Crippen LogP contribution is -2.28. The molecule has 0 heterocycles. The predicted octanol–water partition coefficient (Wildman–Crippen LogP) is 1.58. The molecule has 0 unspecified atom stereocenters. The van der Waals surface area contributed by atoms with Crippen molar-refractivity contribution in [3.05, 3.63) is 18.2 Å². The second-order valence-corrected chi connectivity index (χ2v) is 4.64. The van der Waals surface area contributed by atoms with Gasteiger partial charge in [0.15, 0.2) is 0 Å². The largest absolute Gasteiger partial charge is 0.495 e. The average molecular weight is 265 g/mol. The van der Waals surface area contributed by atoms with Crippen molar-refractivity contribution in [1.29, 1.82) is 0 Å². The number of nitrogens with two attached hydrogens (primary N) is 1. The van der Waals surface area contributed by atoms with Crippen molar-refractivity contribution in [3.8, 4) is 5.75 Å². The summed E-state index contributed by atoms with van der Waals surface area (Å²) >= 11 is 0. The summed E-state index contributed by atoms with van der Waals surface area (Å²) in [6.45, 7) is 3.20. The van der Waals surface area contributed by atoms with Crippen LogP contribution in [-0.4, -0.2) is 45.1 Å². The molecule has 0 aliphatic carbocycles. The van der Waals surface area contributed by atoms with Crippen LogP contribution >= 0.6 is 0 Å². The van der Waals surface area contributed by atoms with Crippen LogP contribution in [0.3, 0.4) is 0 Å². The van der Waals surface area contributed by atoms with Gasteiger partial charge < -0.3 is 20.3 Å². The Morgan fingerprint density at radius 1 is 1.32 bits per heavy atom. The molecule has 2 N–H and O–H groups in total. The Labute approximate surface area is 114 Å². The van der Waals surface area contributed by atoms with Crippen LogP contribution in [0.1, 0.15) is 13.3 Å². The van der Waals surface area contributed by atoms with Crippen molar-refractivity contribution in [1.82, 2.24) is 4.90 Å². The van der Waals surface area contributed by atoms with Crippen molar-refractivity contribution in [3.63, 3.8) is 0 Å². The number of nitrogens with zero attached hydrogens (tertiary/aromatic N) is 2. The van der Waals surface area contributed by atoms with Crippen LogP contribution in [0.2, 0.25) is 0 Å². The van der Waals surface area contributed by atoms with Crippen LogP contribution in [0, 0.1) is 0 Å². The number of rotatable bonds is 6. The number of nitrogen functional groups attached to an aromatic ring is 1. The highest BCUT2D eigenvalue weighted by Gasteiger charge is 2.06. The van der Waals surface area contributed by atoms with E-state index in [0.29, 0.717) is 11.4 Å². The van der Waals surface area contributed by atoms with E-state index in [0.717, 1.165) is 25.2 Å². The summed E-state index contributed by atoms with van der Waals surface area (Å²) in [6.07, 6.45) is 0.916. The minimum atomic E-state index is 0.0943. The van der Waals surface area contributed by atoms with Gasteiger partial charge >= 0.3 is 0 Å². The highest BCUT2D eigenvalue weighted by molar-refractivity contribution is 5.72. The zero-order valence-corrected chi connectivity index (χ0v) is 12.1. The van der Waals surface area contributed by atoms with Gasteiger partial charge in [-0.1, -0.05) is 0 Å². The lowest BCUT2D eigenvalue weighted by Gasteiger charge is -2.22. The fourth-order valence-corrected chi connectivity index (χ4v) is 1.77. The van der Waals surface area contributed by atoms with Crippen LogP contribution in [0.25, 0.3) is 0 Å². The van der Waals surface area contributed by atoms with Crippen molar-refractivity contribution < 1.29 is 9.53 Å². The third-order valence-electron chi connectivity index (χ3n) is 3.18. The lowest BCUT2D eigenvalue weighted by atomic mass is 10.2. The molecule has 0 spiro atoms. The third kappa shape index (κ3) is 4.35.